The fourth-order valence-electron chi connectivity index (χ4n) is 2.23. The van der Waals surface area contributed by atoms with E-state index in [1.165, 1.54) is 5.57 Å². The summed E-state index contributed by atoms with van der Waals surface area (Å²) >= 11 is 0. The standard InChI is InChI=1S/C13H20O2/c1-8(2)11-6-5-9(3)12(7-11)10(4)13(14)15/h5,10-12H,1,6-7H2,2-4H3,(H,14,15)/p-1/t10?,11-,12+/m1/s1. The van der Waals surface area contributed by atoms with Crippen LogP contribution in [0.1, 0.15) is 33.6 Å². The lowest BCUT2D eigenvalue weighted by atomic mass is 9.74. The van der Waals surface area contributed by atoms with Gasteiger partial charge in [0, 0.05) is 11.9 Å². The van der Waals surface area contributed by atoms with Gasteiger partial charge in [-0.1, -0.05) is 30.7 Å². The van der Waals surface area contributed by atoms with Crippen molar-refractivity contribution in [1.29, 1.82) is 0 Å². The molecular formula is C13H19O2-. The molecule has 0 aromatic heterocycles. The van der Waals surface area contributed by atoms with Crippen molar-refractivity contribution in [2.75, 3.05) is 0 Å². The molecule has 0 saturated heterocycles. The van der Waals surface area contributed by atoms with Gasteiger partial charge in [-0.3, -0.25) is 0 Å². The largest absolute Gasteiger partial charge is 0.550 e. The Kier molecular flexibility index (Phi) is 3.72. The van der Waals surface area contributed by atoms with Gasteiger partial charge in [0.25, 0.3) is 0 Å². The van der Waals surface area contributed by atoms with Gasteiger partial charge in [-0.05, 0) is 38.5 Å². The van der Waals surface area contributed by atoms with Crippen LogP contribution in [0, 0.1) is 17.8 Å². The number of aliphatic carboxylic acids is 1. The third-order valence-electron chi connectivity index (χ3n) is 3.52. The molecule has 1 aliphatic carbocycles. The highest BCUT2D eigenvalue weighted by Crippen LogP contribution is 2.36. The number of carbonyl (C=O) groups excluding carboxylic acids is 1. The molecule has 1 unspecified atom stereocenters. The number of carbonyl (C=O) groups is 1. The maximum absolute atomic E-state index is 10.9. The summed E-state index contributed by atoms with van der Waals surface area (Å²) in [5.74, 6) is -0.801. The monoisotopic (exact) mass is 207 g/mol. The Morgan fingerprint density at radius 2 is 2.27 bits per heavy atom. The maximum Gasteiger partial charge on any atom is 0.0448 e. The molecule has 0 spiro atoms. The molecule has 1 aliphatic rings. The van der Waals surface area contributed by atoms with Crippen LogP contribution in [-0.4, -0.2) is 5.97 Å². The van der Waals surface area contributed by atoms with Gasteiger partial charge in [0.15, 0.2) is 0 Å². The van der Waals surface area contributed by atoms with Crippen LogP contribution in [0.3, 0.4) is 0 Å². The second-order valence-corrected chi connectivity index (χ2v) is 4.68. The third-order valence-corrected chi connectivity index (χ3v) is 3.52. The summed E-state index contributed by atoms with van der Waals surface area (Å²) in [6, 6.07) is 0. The average Bonchev–Trinajstić information content (AvgIpc) is 2.16. The van der Waals surface area contributed by atoms with Crippen LogP contribution in [0.2, 0.25) is 0 Å². The van der Waals surface area contributed by atoms with E-state index in [0.717, 1.165) is 18.4 Å². The lowest BCUT2D eigenvalue weighted by Crippen LogP contribution is -2.36. The van der Waals surface area contributed by atoms with Gasteiger partial charge in [-0.25, -0.2) is 0 Å². The van der Waals surface area contributed by atoms with Crippen LogP contribution >= 0.6 is 0 Å². The Hall–Kier alpha value is -1.05. The summed E-state index contributed by atoms with van der Waals surface area (Å²) < 4.78 is 0. The van der Waals surface area contributed by atoms with Gasteiger partial charge in [-0.15, -0.1) is 0 Å². The van der Waals surface area contributed by atoms with Gasteiger partial charge in [0.1, 0.15) is 0 Å². The van der Waals surface area contributed by atoms with Gasteiger partial charge in [-0.2, -0.15) is 0 Å². The molecule has 0 fully saturated rings. The molecule has 0 saturated carbocycles. The Labute approximate surface area is 91.7 Å². The van der Waals surface area contributed by atoms with E-state index in [-0.39, 0.29) is 5.92 Å². The minimum Gasteiger partial charge on any atom is -0.550 e. The first-order valence-electron chi connectivity index (χ1n) is 5.46. The number of hydrogen-bond donors (Lipinski definition) is 0. The molecule has 0 radical (unpaired) electrons. The minimum absolute atomic E-state index is 0.116. The average molecular weight is 207 g/mol. The topological polar surface area (TPSA) is 40.1 Å². The van der Waals surface area contributed by atoms with E-state index < -0.39 is 11.9 Å². The molecule has 1 rings (SSSR count). The van der Waals surface area contributed by atoms with Crippen LogP contribution in [0.4, 0.5) is 0 Å². The quantitative estimate of drug-likeness (QED) is 0.663. The van der Waals surface area contributed by atoms with Gasteiger partial charge in [0.2, 0.25) is 0 Å². The molecule has 0 aliphatic heterocycles. The van der Waals surface area contributed by atoms with Crippen molar-refractivity contribution in [3.8, 4) is 0 Å². The summed E-state index contributed by atoms with van der Waals surface area (Å²) in [7, 11) is 0. The lowest BCUT2D eigenvalue weighted by Gasteiger charge is -2.33. The zero-order chi connectivity index (χ0) is 11.6. The number of rotatable bonds is 3. The van der Waals surface area contributed by atoms with Crippen molar-refractivity contribution in [3.63, 3.8) is 0 Å². The molecule has 0 aromatic rings. The van der Waals surface area contributed by atoms with E-state index in [0.29, 0.717) is 5.92 Å². The van der Waals surface area contributed by atoms with Crippen molar-refractivity contribution in [1.82, 2.24) is 0 Å². The molecule has 0 aromatic carbocycles. The van der Waals surface area contributed by atoms with E-state index in [1.807, 2.05) is 13.8 Å². The first-order valence-corrected chi connectivity index (χ1v) is 5.46. The van der Waals surface area contributed by atoms with Crippen LogP contribution in [0.25, 0.3) is 0 Å². The maximum atomic E-state index is 10.9. The van der Waals surface area contributed by atoms with Crippen molar-refractivity contribution in [2.24, 2.45) is 17.8 Å². The number of carboxylic acids is 1. The summed E-state index contributed by atoms with van der Waals surface area (Å²) in [5, 5.41) is 10.9. The summed E-state index contributed by atoms with van der Waals surface area (Å²) in [6.07, 6.45) is 4.04. The second kappa shape index (κ2) is 4.65. The van der Waals surface area contributed by atoms with Gasteiger partial charge >= 0.3 is 0 Å². The fraction of sp³-hybridized carbons (Fsp3) is 0.615. The number of carboxylic acid groups (broad SMARTS) is 1. The highest BCUT2D eigenvalue weighted by atomic mass is 16.4. The molecule has 0 amide bonds. The lowest BCUT2D eigenvalue weighted by molar-refractivity contribution is -0.312. The van der Waals surface area contributed by atoms with Crippen molar-refractivity contribution in [2.45, 2.75) is 33.6 Å². The Morgan fingerprint density at radius 3 is 2.73 bits per heavy atom. The van der Waals surface area contributed by atoms with Gasteiger partial charge < -0.3 is 9.90 Å². The normalized spacial score (nSPS) is 28.1. The Bertz CT molecular complexity index is 302. The van der Waals surface area contributed by atoms with Crippen LogP contribution < -0.4 is 5.11 Å². The predicted octanol–water partition coefficient (Wildman–Crippen LogP) is 1.92. The molecule has 84 valence electrons. The molecule has 15 heavy (non-hydrogen) atoms. The zero-order valence-corrected chi connectivity index (χ0v) is 9.75. The first-order chi connectivity index (χ1) is 6.93. The van der Waals surface area contributed by atoms with Crippen molar-refractivity contribution < 1.29 is 9.90 Å². The van der Waals surface area contributed by atoms with E-state index in [2.05, 4.69) is 12.7 Å². The minimum atomic E-state index is -0.949. The van der Waals surface area contributed by atoms with Crippen LogP contribution in [-0.2, 0) is 4.79 Å². The van der Waals surface area contributed by atoms with Crippen molar-refractivity contribution >= 4 is 5.97 Å². The predicted molar refractivity (Wildman–Crippen MR) is 59.0 cm³/mol. The van der Waals surface area contributed by atoms with E-state index in [9.17, 15) is 9.90 Å². The first kappa shape index (κ1) is 12.0. The molecule has 0 N–H and O–H groups in total. The van der Waals surface area contributed by atoms with Gasteiger partial charge in [0.05, 0.1) is 0 Å². The Morgan fingerprint density at radius 1 is 1.67 bits per heavy atom. The Balaban J connectivity index is 2.80. The van der Waals surface area contributed by atoms with E-state index in [4.69, 9.17) is 0 Å². The van der Waals surface area contributed by atoms with Crippen molar-refractivity contribution in [3.05, 3.63) is 23.8 Å². The number of allylic oxidation sites excluding steroid dienone is 3. The fourth-order valence-corrected chi connectivity index (χ4v) is 2.23. The van der Waals surface area contributed by atoms with E-state index in [1.54, 1.807) is 6.92 Å². The highest BCUT2D eigenvalue weighted by molar-refractivity contribution is 5.68. The third kappa shape index (κ3) is 2.71. The molecule has 3 atom stereocenters. The highest BCUT2D eigenvalue weighted by Gasteiger charge is 2.27. The second-order valence-electron chi connectivity index (χ2n) is 4.68. The molecule has 2 nitrogen and oxygen atoms in total. The summed E-state index contributed by atoms with van der Waals surface area (Å²) in [4.78, 5) is 10.9. The van der Waals surface area contributed by atoms with Crippen LogP contribution in [0.15, 0.2) is 23.8 Å². The molecule has 0 heterocycles. The molecular weight excluding hydrogens is 188 g/mol. The molecule has 2 heteroatoms. The summed E-state index contributed by atoms with van der Waals surface area (Å²) in [6.45, 7) is 9.71. The zero-order valence-electron chi connectivity index (χ0n) is 9.75. The molecule has 0 bridgehead atoms. The number of hydrogen-bond acceptors (Lipinski definition) is 2. The summed E-state index contributed by atoms with van der Waals surface area (Å²) in [5.41, 5.74) is 2.33. The van der Waals surface area contributed by atoms with Crippen LogP contribution in [0.5, 0.6) is 0 Å². The van der Waals surface area contributed by atoms with E-state index >= 15 is 0 Å². The smallest absolute Gasteiger partial charge is 0.0448 e. The SMILES string of the molecule is C=C(C)[C@@H]1CC=C(C)[C@@H](C(C)C(=O)[O-])C1.